The number of rotatable bonds is 5. The normalized spacial score (nSPS) is 22.4. The number of benzene rings is 1. The molecule has 3 aliphatic rings. The van der Waals surface area contributed by atoms with Gasteiger partial charge in [0, 0.05) is 37.0 Å². The third kappa shape index (κ3) is 4.24. The molecule has 0 saturated heterocycles. The number of hydrogen-bond acceptors (Lipinski definition) is 5. The Morgan fingerprint density at radius 3 is 2.76 bits per heavy atom. The summed E-state index contributed by atoms with van der Waals surface area (Å²) in [6.07, 6.45) is 3.01. The maximum atomic E-state index is 13.6. The van der Waals surface area contributed by atoms with E-state index in [4.69, 9.17) is 11.6 Å². The summed E-state index contributed by atoms with van der Waals surface area (Å²) in [5, 5.41) is 16.9. The highest BCUT2D eigenvalue weighted by atomic mass is 35.5. The average Bonchev–Trinajstić information content (AvgIpc) is 3.14. The Hall–Kier alpha value is -3.40. The molecule has 3 amide bonds. The van der Waals surface area contributed by atoms with Crippen LogP contribution in [0.25, 0.3) is 0 Å². The first-order chi connectivity index (χ1) is 18.0. The van der Waals surface area contributed by atoms with Crippen LogP contribution < -0.4 is 16.2 Å². The van der Waals surface area contributed by atoms with Crippen LogP contribution in [0, 0.1) is 11.7 Å². The minimum atomic E-state index is -1.15. The monoisotopic (exact) mass is 544 g/mol. The zero-order valence-electron chi connectivity index (χ0n) is 21.3. The Morgan fingerprint density at radius 2 is 2.05 bits per heavy atom. The third-order valence-electron chi connectivity index (χ3n) is 7.81. The minimum absolute atomic E-state index is 0.0498. The topological polar surface area (TPSA) is 121 Å². The fourth-order valence-electron chi connectivity index (χ4n) is 6.19. The fourth-order valence-corrected chi connectivity index (χ4v) is 6.40. The fraction of sp³-hybridized carbons (Fsp3) is 0.481. The molecule has 0 bridgehead atoms. The lowest BCUT2D eigenvalue weighted by molar-refractivity contribution is -0.124. The van der Waals surface area contributed by atoms with Crippen molar-refractivity contribution < 1.29 is 23.9 Å². The van der Waals surface area contributed by atoms with Crippen LogP contribution >= 0.6 is 11.6 Å². The number of carbonyl (C=O) groups excluding carboxylic acids is 3. The van der Waals surface area contributed by atoms with Crippen molar-refractivity contribution in [2.24, 2.45) is 5.92 Å². The number of halogens is 2. The van der Waals surface area contributed by atoms with Gasteiger partial charge in [-0.2, -0.15) is 0 Å². The second-order valence-corrected chi connectivity index (χ2v) is 11.1. The van der Waals surface area contributed by atoms with Crippen LogP contribution in [-0.2, 0) is 23.4 Å². The van der Waals surface area contributed by atoms with Gasteiger partial charge < -0.3 is 20.6 Å². The molecule has 1 spiro atoms. The van der Waals surface area contributed by atoms with E-state index in [2.05, 4.69) is 10.6 Å². The molecule has 1 fully saturated rings. The predicted molar refractivity (Wildman–Crippen MR) is 138 cm³/mol. The molecule has 3 heterocycles. The molecule has 2 aromatic rings. The van der Waals surface area contributed by atoms with Crippen LogP contribution in [0.4, 0.5) is 4.39 Å². The van der Waals surface area contributed by atoms with Crippen molar-refractivity contribution in [3.63, 3.8) is 0 Å². The third-order valence-corrected chi connectivity index (χ3v) is 8.10. The molecule has 1 aromatic carbocycles. The van der Waals surface area contributed by atoms with E-state index in [1.165, 1.54) is 27.7 Å². The summed E-state index contributed by atoms with van der Waals surface area (Å²) in [7, 11) is 0. The van der Waals surface area contributed by atoms with Gasteiger partial charge in [0.1, 0.15) is 17.2 Å². The molecule has 1 saturated carbocycles. The first-order valence-corrected chi connectivity index (χ1v) is 13.3. The van der Waals surface area contributed by atoms with Crippen LogP contribution in [0.3, 0.4) is 0 Å². The van der Waals surface area contributed by atoms with Gasteiger partial charge in [0.25, 0.3) is 17.4 Å². The lowest BCUT2D eigenvalue weighted by Gasteiger charge is -2.42. The summed E-state index contributed by atoms with van der Waals surface area (Å²) < 4.78 is 14.9. The molecule has 9 nitrogen and oxygen atoms in total. The van der Waals surface area contributed by atoms with E-state index in [1.807, 2.05) is 13.8 Å². The standard InChI is InChI=1S/C27H30ClFN4O5/c1-14(2)30-20(34)12-16-5-3-4-9-27(16)31-24(36)22-17-8-10-32(13-15-6-7-19(29)18(28)11-15)25(37)21(17)23(35)26(38)33(22)27/h6-7,11,14,16,35H,3-5,8-10,12-13H2,1-2H3,(H,30,34)(H,31,36). The molecule has 0 radical (unpaired) electrons. The van der Waals surface area contributed by atoms with Gasteiger partial charge in [-0.15, -0.1) is 0 Å². The van der Waals surface area contributed by atoms with Crippen LogP contribution in [-0.4, -0.2) is 44.9 Å². The minimum Gasteiger partial charge on any atom is -0.502 e. The zero-order valence-corrected chi connectivity index (χ0v) is 22.0. The Bertz CT molecular complexity index is 1410. The van der Waals surface area contributed by atoms with E-state index in [-0.39, 0.29) is 60.1 Å². The van der Waals surface area contributed by atoms with Crippen molar-refractivity contribution in [2.45, 2.75) is 70.6 Å². The van der Waals surface area contributed by atoms with Gasteiger partial charge in [0.15, 0.2) is 5.75 Å². The molecule has 5 rings (SSSR count). The molecule has 1 aliphatic carbocycles. The highest BCUT2D eigenvalue weighted by molar-refractivity contribution is 6.30. The number of pyridine rings is 1. The van der Waals surface area contributed by atoms with Crippen molar-refractivity contribution in [2.75, 3.05) is 6.54 Å². The number of fused-ring (bicyclic) bond motifs is 4. The Kier molecular flexibility index (Phi) is 6.71. The lowest BCUT2D eigenvalue weighted by atomic mass is 9.76. The summed E-state index contributed by atoms with van der Waals surface area (Å²) in [4.78, 5) is 54.6. The number of nitrogens with zero attached hydrogens (tertiary/aromatic N) is 2. The molecule has 11 heteroatoms. The van der Waals surface area contributed by atoms with Crippen LogP contribution in [0.5, 0.6) is 5.75 Å². The number of aromatic hydroxyl groups is 1. The first-order valence-electron chi connectivity index (χ1n) is 12.9. The van der Waals surface area contributed by atoms with Crippen molar-refractivity contribution >= 4 is 29.3 Å². The summed E-state index contributed by atoms with van der Waals surface area (Å²) in [6, 6.07) is 4.10. The summed E-state index contributed by atoms with van der Waals surface area (Å²) in [6.45, 7) is 4.05. The summed E-state index contributed by atoms with van der Waals surface area (Å²) >= 11 is 5.88. The number of hydrogen-bond donors (Lipinski definition) is 3. The molecule has 202 valence electrons. The Morgan fingerprint density at radius 1 is 1.29 bits per heavy atom. The highest BCUT2D eigenvalue weighted by Crippen LogP contribution is 2.44. The molecule has 3 N–H and O–H groups in total. The Labute approximate surface area is 224 Å². The predicted octanol–water partition coefficient (Wildman–Crippen LogP) is 3.05. The molecule has 2 aliphatic heterocycles. The van der Waals surface area contributed by atoms with Gasteiger partial charge in [-0.3, -0.25) is 23.7 Å². The van der Waals surface area contributed by atoms with E-state index in [9.17, 15) is 28.7 Å². The molecular weight excluding hydrogens is 515 g/mol. The SMILES string of the molecule is CC(C)NC(=O)CC1CCCCC12NC(=O)c1c3c(c(O)c(=O)n12)C(=O)N(Cc1ccc(F)c(Cl)c1)CC3. The zero-order chi connectivity index (χ0) is 27.4. The van der Waals surface area contributed by atoms with Gasteiger partial charge >= 0.3 is 0 Å². The van der Waals surface area contributed by atoms with Crippen LogP contribution in [0.1, 0.15) is 77.9 Å². The molecule has 38 heavy (non-hydrogen) atoms. The smallest absolute Gasteiger partial charge is 0.296 e. The van der Waals surface area contributed by atoms with Crippen molar-refractivity contribution in [3.8, 4) is 5.75 Å². The van der Waals surface area contributed by atoms with Gasteiger partial charge in [0.2, 0.25) is 5.91 Å². The van der Waals surface area contributed by atoms with E-state index in [1.54, 1.807) is 0 Å². The second-order valence-electron chi connectivity index (χ2n) is 10.7. The van der Waals surface area contributed by atoms with E-state index in [0.717, 1.165) is 12.8 Å². The van der Waals surface area contributed by atoms with Gasteiger partial charge in [-0.25, -0.2) is 4.39 Å². The largest absolute Gasteiger partial charge is 0.502 e. The molecular formula is C27H30ClFN4O5. The molecule has 1 aromatic heterocycles. The van der Waals surface area contributed by atoms with E-state index in [0.29, 0.717) is 24.0 Å². The number of aromatic nitrogens is 1. The van der Waals surface area contributed by atoms with Gasteiger partial charge in [0.05, 0.1) is 10.6 Å². The van der Waals surface area contributed by atoms with E-state index < -0.39 is 34.6 Å². The first kappa shape index (κ1) is 26.2. The van der Waals surface area contributed by atoms with Crippen molar-refractivity contribution in [1.82, 2.24) is 20.1 Å². The van der Waals surface area contributed by atoms with Gasteiger partial charge in [-0.1, -0.05) is 24.1 Å². The summed E-state index contributed by atoms with van der Waals surface area (Å²) in [5.41, 5.74) is -1.16. The van der Waals surface area contributed by atoms with Gasteiger partial charge in [-0.05, 0) is 57.2 Å². The maximum absolute atomic E-state index is 13.6. The van der Waals surface area contributed by atoms with Crippen molar-refractivity contribution in [3.05, 3.63) is 61.8 Å². The van der Waals surface area contributed by atoms with E-state index >= 15 is 0 Å². The quantitative estimate of drug-likeness (QED) is 0.534. The number of amides is 3. The molecule has 2 atom stereocenters. The summed E-state index contributed by atoms with van der Waals surface area (Å²) in [5.74, 6) is -2.88. The number of nitrogens with one attached hydrogen (secondary N) is 2. The Balaban J connectivity index is 1.54. The van der Waals surface area contributed by atoms with Crippen LogP contribution in [0.2, 0.25) is 5.02 Å². The second kappa shape index (κ2) is 9.72. The highest BCUT2D eigenvalue weighted by Gasteiger charge is 2.53. The molecule has 2 unspecified atom stereocenters. The maximum Gasteiger partial charge on any atom is 0.296 e. The van der Waals surface area contributed by atoms with Crippen LogP contribution in [0.15, 0.2) is 23.0 Å². The average molecular weight is 545 g/mol. The number of carbonyl (C=O) groups is 3. The lowest BCUT2D eigenvalue weighted by Crippen LogP contribution is -2.55. The van der Waals surface area contributed by atoms with Crippen molar-refractivity contribution in [1.29, 1.82) is 0 Å².